The van der Waals surface area contributed by atoms with E-state index >= 15 is 0 Å². The molecule has 2 aromatic rings. The molecule has 0 bridgehead atoms. The van der Waals surface area contributed by atoms with Gasteiger partial charge in [-0.15, -0.1) is 0 Å². The number of hydrogen-bond acceptors (Lipinski definition) is 3. The van der Waals surface area contributed by atoms with Crippen molar-refractivity contribution in [1.29, 1.82) is 0 Å². The van der Waals surface area contributed by atoms with Gasteiger partial charge in [0.05, 0.1) is 6.26 Å². The zero-order valence-electron chi connectivity index (χ0n) is 9.15. The van der Waals surface area contributed by atoms with Crippen LogP contribution in [0.15, 0.2) is 47.1 Å². The fourth-order valence-corrected chi connectivity index (χ4v) is 1.48. The minimum Gasteiger partial charge on any atom is -0.461 e. The molecule has 3 nitrogen and oxygen atoms in total. The fraction of sp³-hybridized carbons (Fsp3) is 0.154. The molecule has 0 saturated carbocycles. The first-order valence-electron chi connectivity index (χ1n) is 5.32. The van der Waals surface area contributed by atoms with Crippen LogP contribution >= 0.6 is 0 Å². The summed E-state index contributed by atoms with van der Waals surface area (Å²) < 4.78 is 17.8. The van der Waals surface area contributed by atoms with Crippen LogP contribution in [0.3, 0.4) is 0 Å². The van der Waals surface area contributed by atoms with Crippen molar-refractivity contribution in [2.24, 2.45) is 0 Å². The maximum atomic E-state index is 12.9. The van der Waals surface area contributed by atoms with E-state index in [9.17, 15) is 9.18 Å². The van der Waals surface area contributed by atoms with Crippen molar-refractivity contribution in [3.63, 3.8) is 0 Å². The molecule has 1 aromatic carbocycles. The lowest BCUT2D eigenvalue weighted by Crippen LogP contribution is -2.08. The molecular weight excluding hydrogens is 221 g/mol. The topological polar surface area (TPSA) is 42.2 Å². The van der Waals surface area contributed by atoms with Crippen molar-refractivity contribution in [3.05, 3.63) is 54.2 Å². The lowest BCUT2D eigenvalue weighted by Gasteiger charge is -2.04. The van der Waals surface area contributed by atoms with Gasteiger partial charge in [0.25, 0.3) is 0 Å². The monoisotopic (exact) mass is 233 g/mol. The minimum absolute atomic E-state index is 0.0705. The number of rotatable bonds is 5. The average Bonchev–Trinajstić information content (AvgIpc) is 2.82. The highest BCUT2D eigenvalue weighted by atomic mass is 19.1. The van der Waals surface area contributed by atoms with Crippen LogP contribution in [0.5, 0.6) is 0 Å². The van der Waals surface area contributed by atoms with Crippen LogP contribution in [-0.2, 0) is 0 Å². The highest BCUT2D eigenvalue weighted by Crippen LogP contribution is 2.10. The Hall–Kier alpha value is -2.10. The molecule has 0 saturated heterocycles. The SMILES string of the molecule is O=C(CCNc1cccc(F)c1)c1ccco1. The van der Waals surface area contributed by atoms with Crippen LogP contribution in [0, 0.1) is 5.82 Å². The Morgan fingerprint density at radius 2 is 2.18 bits per heavy atom. The molecule has 88 valence electrons. The summed E-state index contributed by atoms with van der Waals surface area (Å²) >= 11 is 0. The molecule has 0 aliphatic carbocycles. The predicted octanol–water partition coefficient (Wildman–Crippen LogP) is 3.10. The summed E-state index contributed by atoms with van der Waals surface area (Å²) in [7, 11) is 0. The Labute approximate surface area is 98.3 Å². The fourth-order valence-electron chi connectivity index (χ4n) is 1.48. The van der Waals surface area contributed by atoms with E-state index in [1.165, 1.54) is 18.4 Å². The van der Waals surface area contributed by atoms with Gasteiger partial charge in [0, 0.05) is 18.7 Å². The summed E-state index contributed by atoms with van der Waals surface area (Å²) in [4.78, 5) is 11.6. The molecule has 2 rings (SSSR count). The van der Waals surface area contributed by atoms with Gasteiger partial charge in [-0.3, -0.25) is 4.79 Å². The zero-order valence-corrected chi connectivity index (χ0v) is 9.15. The van der Waals surface area contributed by atoms with Gasteiger partial charge >= 0.3 is 0 Å². The van der Waals surface area contributed by atoms with Crippen LogP contribution in [0.25, 0.3) is 0 Å². The summed E-state index contributed by atoms with van der Waals surface area (Å²) in [5.41, 5.74) is 0.664. The summed E-state index contributed by atoms with van der Waals surface area (Å²) in [5, 5.41) is 2.98. The van der Waals surface area contributed by atoms with Crippen molar-refractivity contribution in [1.82, 2.24) is 0 Å². The largest absolute Gasteiger partial charge is 0.461 e. The molecule has 0 unspecified atom stereocenters. The number of furan rings is 1. The van der Waals surface area contributed by atoms with Gasteiger partial charge in [-0.05, 0) is 30.3 Å². The Kier molecular flexibility index (Phi) is 3.55. The van der Waals surface area contributed by atoms with E-state index in [1.54, 1.807) is 24.3 Å². The average molecular weight is 233 g/mol. The lowest BCUT2D eigenvalue weighted by atomic mass is 10.2. The molecular formula is C13H12FNO2. The Morgan fingerprint density at radius 3 is 2.88 bits per heavy atom. The van der Waals surface area contributed by atoms with E-state index in [0.717, 1.165) is 0 Å². The van der Waals surface area contributed by atoms with Crippen molar-refractivity contribution in [2.45, 2.75) is 6.42 Å². The van der Waals surface area contributed by atoms with Crippen molar-refractivity contribution < 1.29 is 13.6 Å². The summed E-state index contributed by atoms with van der Waals surface area (Å²) in [6, 6.07) is 9.43. The van der Waals surface area contributed by atoms with E-state index in [1.807, 2.05) is 0 Å². The summed E-state index contributed by atoms with van der Waals surface area (Å²) in [6.07, 6.45) is 1.78. The van der Waals surface area contributed by atoms with Gasteiger partial charge in [-0.1, -0.05) is 6.07 Å². The first kappa shape index (κ1) is 11.4. The van der Waals surface area contributed by atoms with E-state index in [2.05, 4.69) is 5.32 Å². The van der Waals surface area contributed by atoms with Crippen molar-refractivity contribution in [2.75, 3.05) is 11.9 Å². The minimum atomic E-state index is -0.299. The molecule has 0 aliphatic rings. The van der Waals surface area contributed by atoms with Gasteiger partial charge < -0.3 is 9.73 Å². The molecule has 17 heavy (non-hydrogen) atoms. The third-order valence-corrected chi connectivity index (χ3v) is 2.30. The molecule has 1 heterocycles. The molecule has 1 N–H and O–H groups in total. The normalized spacial score (nSPS) is 10.2. The number of ketones is 1. The number of halogens is 1. The molecule has 0 spiro atoms. The maximum absolute atomic E-state index is 12.9. The quantitative estimate of drug-likeness (QED) is 0.807. The second-order valence-corrected chi connectivity index (χ2v) is 3.59. The number of carbonyl (C=O) groups is 1. The number of Topliss-reactive ketones (excluding diaryl/α,β-unsaturated/α-hetero) is 1. The first-order valence-corrected chi connectivity index (χ1v) is 5.32. The van der Waals surface area contributed by atoms with Crippen LogP contribution in [-0.4, -0.2) is 12.3 Å². The third-order valence-electron chi connectivity index (χ3n) is 2.30. The molecule has 0 fully saturated rings. The van der Waals surface area contributed by atoms with Crippen LogP contribution < -0.4 is 5.32 Å². The van der Waals surface area contributed by atoms with E-state index in [-0.39, 0.29) is 11.6 Å². The van der Waals surface area contributed by atoms with Gasteiger partial charge in [0.2, 0.25) is 0 Å². The predicted molar refractivity (Wildman–Crippen MR) is 62.5 cm³/mol. The molecule has 4 heteroatoms. The molecule has 1 aromatic heterocycles. The standard InChI is InChI=1S/C13H12FNO2/c14-10-3-1-4-11(9-10)15-7-6-12(16)13-5-2-8-17-13/h1-5,8-9,15H,6-7H2. The second-order valence-electron chi connectivity index (χ2n) is 3.59. The number of anilines is 1. The molecule has 0 atom stereocenters. The van der Waals surface area contributed by atoms with Crippen LogP contribution in [0.4, 0.5) is 10.1 Å². The number of carbonyl (C=O) groups excluding carboxylic acids is 1. The van der Waals surface area contributed by atoms with Crippen molar-refractivity contribution >= 4 is 11.5 Å². The van der Waals surface area contributed by atoms with Crippen molar-refractivity contribution in [3.8, 4) is 0 Å². The number of nitrogens with one attached hydrogen (secondary N) is 1. The van der Waals surface area contributed by atoms with E-state index in [4.69, 9.17) is 4.42 Å². The lowest BCUT2D eigenvalue weighted by molar-refractivity contribution is 0.0960. The summed E-state index contributed by atoms with van der Waals surface area (Å²) in [6.45, 7) is 0.447. The Balaban J connectivity index is 1.82. The Morgan fingerprint density at radius 1 is 1.29 bits per heavy atom. The zero-order chi connectivity index (χ0) is 12.1. The second kappa shape index (κ2) is 5.30. The summed E-state index contributed by atoms with van der Waals surface area (Å²) in [5.74, 6) is -0.0164. The smallest absolute Gasteiger partial charge is 0.199 e. The number of benzene rings is 1. The van der Waals surface area contributed by atoms with Crippen LogP contribution in [0.1, 0.15) is 17.0 Å². The maximum Gasteiger partial charge on any atom is 0.199 e. The van der Waals surface area contributed by atoms with Crippen LogP contribution in [0.2, 0.25) is 0 Å². The van der Waals surface area contributed by atoms with E-state index < -0.39 is 0 Å². The molecule has 0 aliphatic heterocycles. The van der Waals surface area contributed by atoms with Gasteiger partial charge in [0.1, 0.15) is 5.82 Å². The van der Waals surface area contributed by atoms with Gasteiger partial charge in [0.15, 0.2) is 11.5 Å². The van der Waals surface area contributed by atoms with Gasteiger partial charge in [-0.25, -0.2) is 4.39 Å². The first-order chi connectivity index (χ1) is 8.25. The molecule has 0 amide bonds. The highest BCUT2D eigenvalue weighted by molar-refractivity contribution is 5.93. The Bertz CT molecular complexity index is 494. The van der Waals surface area contributed by atoms with Gasteiger partial charge in [-0.2, -0.15) is 0 Å². The molecule has 0 radical (unpaired) electrons. The third kappa shape index (κ3) is 3.17. The van der Waals surface area contributed by atoms with E-state index in [0.29, 0.717) is 24.4 Å². The highest BCUT2D eigenvalue weighted by Gasteiger charge is 2.07. The number of hydrogen-bond donors (Lipinski definition) is 1.